The number of carbonyl (C=O) groups excluding carboxylic acids is 1. The molecule has 3 rings (SSSR count). The van der Waals surface area contributed by atoms with Gasteiger partial charge in [-0.15, -0.1) is 4.40 Å². The lowest BCUT2D eigenvalue weighted by molar-refractivity contribution is -0.114. The van der Waals surface area contributed by atoms with Gasteiger partial charge >= 0.3 is 0 Å². The average Bonchev–Trinajstić information content (AvgIpc) is 3.26. The van der Waals surface area contributed by atoms with E-state index < -0.39 is 10.0 Å². The van der Waals surface area contributed by atoms with Crippen LogP contribution in [-0.4, -0.2) is 50.1 Å². The summed E-state index contributed by atoms with van der Waals surface area (Å²) in [6, 6.07) is 5.93. The van der Waals surface area contributed by atoms with Crippen molar-refractivity contribution in [1.82, 2.24) is 10.1 Å². The van der Waals surface area contributed by atoms with Gasteiger partial charge < -0.3 is 5.32 Å². The smallest absolute Gasteiger partial charge is 0.283 e. The number of hydrazone groups is 1. The third kappa shape index (κ3) is 4.47. The van der Waals surface area contributed by atoms with Crippen molar-refractivity contribution < 1.29 is 13.2 Å². The summed E-state index contributed by atoms with van der Waals surface area (Å²) < 4.78 is 28.8. The van der Waals surface area contributed by atoms with E-state index in [9.17, 15) is 13.2 Å². The molecule has 1 amide bonds. The molecule has 146 valence electrons. The number of hydrazine groups is 1. The Morgan fingerprint density at radius 3 is 2.59 bits per heavy atom. The summed E-state index contributed by atoms with van der Waals surface area (Å²) in [7, 11) is -3.83. The standard InChI is InChI=1S/C18H25N5O3S/c1-3-22(23-13-18(12-19-23)10-4-5-11-18)14-20-27(25,26)17-8-6-16(7-9-17)21-15(2)24/h6-9,12,14H,3-5,10-11,13H2,1-2H3,(H,21,24). The SMILES string of the molecule is CCN(C=NS(=O)(=O)c1ccc(NC(C)=O)cc1)N1CC2(C=N1)CCCC2. The van der Waals surface area contributed by atoms with Crippen molar-refractivity contribution in [1.29, 1.82) is 0 Å². The molecule has 0 radical (unpaired) electrons. The zero-order valence-electron chi connectivity index (χ0n) is 15.6. The molecule has 0 unspecified atom stereocenters. The molecule has 1 heterocycles. The first-order valence-corrected chi connectivity index (χ1v) is 10.5. The third-order valence-electron chi connectivity index (χ3n) is 4.93. The van der Waals surface area contributed by atoms with Crippen LogP contribution in [-0.2, 0) is 14.8 Å². The Balaban J connectivity index is 1.69. The number of hydrogen-bond donors (Lipinski definition) is 1. The number of amides is 1. The van der Waals surface area contributed by atoms with E-state index in [1.165, 1.54) is 50.4 Å². The highest BCUT2D eigenvalue weighted by molar-refractivity contribution is 7.90. The highest BCUT2D eigenvalue weighted by Crippen LogP contribution is 2.40. The fourth-order valence-corrected chi connectivity index (χ4v) is 4.31. The Morgan fingerprint density at radius 2 is 2.00 bits per heavy atom. The Kier molecular flexibility index (Phi) is 5.50. The maximum absolute atomic E-state index is 12.5. The normalized spacial score (nSPS) is 18.5. The van der Waals surface area contributed by atoms with Gasteiger partial charge in [0.1, 0.15) is 6.34 Å². The number of anilines is 1. The Morgan fingerprint density at radius 1 is 1.33 bits per heavy atom. The Bertz CT molecular complexity index is 842. The van der Waals surface area contributed by atoms with Crippen LogP contribution in [0.3, 0.4) is 0 Å². The molecule has 1 spiro atoms. The van der Waals surface area contributed by atoms with Crippen molar-refractivity contribution in [3.8, 4) is 0 Å². The summed E-state index contributed by atoms with van der Waals surface area (Å²) in [6.45, 7) is 4.65. The quantitative estimate of drug-likeness (QED) is 0.594. The average molecular weight is 391 g/mol. The van der Waals surface area contributed by atoms with Crippen LogP contribution in [0.25, 0.3) is 0 Å². The second-order valence-electron chi connectivity index (χ2n) is 7.00. The van der Waals surface area contributed by atoms with Gasteiger partial charge in [-0.2, -0.15) is 13.5 Å². The minimum absolute atomic E-state index is 0.0705. The molecule has 1 fully saturated rings. The molecule has 0 bridgehead atoms. The van der Waals surface area contributed by atoms with Crippen LogP contribution in [0.15, 0.2) is 38.7 Å². The molecular weight excluding hydrogens is 366 g/mol. The number of carbonyl (C=O) groups is 1. The molecule has 27 heavy (non-hydrogen) atoms. The van der Waals surface area contributed by atoms with Crippen LogP contribution in [0.1, 0.15) is 39.5 Å². The molecule has 1 aromatic carbocycles. The first-order valence-electron chi connectivity index (χ1n) is 9.11. The summed E-state index contributed by atoms with van der Waals surface area (Å²) in [4.78, 5) is 11.1. The summed E-state index contributed by atoms with van der Waals surface area (Å²) in [5, 5.41) is 10.6. The second kappa shape index (κ2) is 7.67. The first-order chi connectivity index (χ1) is 12.8. The number of benzene rings is 1. The maximum atomic E-state index is 12.5. The van der Waals surface area contributed by atoms with Gasteiger partial charge in [0.2, 0.25) is 5.91 Å². The lowest BCUT2D eigenvalue weighted by Crippen LogP contribution is -2.40. The van der Waals surface area contributed by atoms with E-state index >= 15 is 0 Å². The molecule has 8 nitrogen and oxygen atoms in total. The van der Waals surface area contributed by atoms with Gasteiger partial charge in [-0.3, -0.25) is 9.80 Å². The van der Waals surface area contributed by atoms with Crippen molar-refractivity contribution in [3.63, 3.8) is 0 Å². The van der Waals surface area contributed by atoms with Crippen LogP contribution in [0.5, 0.6) is 0 Å². The topological polar surface area (TPSA) is 94.4 Å². The Labute approximate surface area is 160 Å². The zero-order chi connectivity index (χ0) is 19.5. The lowest BCUT2D eigenvalue weighted by atomic mass is 9.89. The number of nitrogens with one attached hydrogen (secondary N) is 1. The molecule has 1 aliphatic carbocycles. The fourth-order valence-electron chi connectivity index (χ4n) is 3.47. The molecule has 0 saturated heterocycles. The van der Waals surface area contributed by atoms with Crippen molar-refractivity contribution >= 4 is 34.2 Å². The summed E-state index contributed by atoms with van der Waals surface area (Å²) >= 11 is 0. The van der Waals surface area contributed by atoms with E-state index in [2.05, 4.69) is 14.8 Å². The largest absolute Gasteiger partial charge is 0.326 e. The second-order valence-corrected chi connectivity index (χ2v) is 8.63. The van der Waals surface area contributed by atoms with Crippen molar-refractivity contribution in [2.75, 3.05) is 18.4 Å². The molecule has 2 aliphatic rings. The fraction of sp³-hybridized carbons (Fsp3) is 0.500. The van der Waals surface area contributed by atoms with Crippen LogP contribution in [0, 0.1) is 5.41 Å². The number of rotatable bonds is 6. The summed E-state index contributed by atoms with van der Waals surface area (Å²) in [6.07, 6.45) is 8.00. The van der Waals surface area contributed by atoms with Gasteiger partial charge in [-0.1, -0.05) is 12.8 Å². The van der Waals surface area contributed by atoms with Gasteiger partial charge in [0.05, 0.1) is 11.4 Å². The number of hydrogen-bond acceptors (Lipinski definition) is 5. The van der Waals surface area contributed by atoms with Crippen LogP contribution in [0.4, 0.5) is 5.69 Å². The van der Waals surface area contributed by atoms with Crippen molar-refractivity contribution in [2.24, 2.45) is 14.9 Å². The molecule has 0 aromatic heterocycles. The van der Waals surface area contributed by atoms with Crippen molar-refractivity contribution in [3.05, 3.63) is 24.3 Å². The van der Waals surface area contributed by atoms with Gasteiger partial charge in [-0.25, -0.2) is 5.12 Å². The number of sulfonamides is 1. The molecule has 9 heteroatoms. The highest BCUT2D eigenvalue weighted by Gasteiger charge is 2.39. The summed E-state index contributed by atoms with van der Waals surface area (Å²) in [5.74, 6) is -0.214. The molecular formula is C18H25N5O3S. The molecule has 1 aromatic rings. The molecule has 0 atom stereocenters. The van der Waals surface area contributed by atoms with E-state index in [-0.39, 0.29) is 16.2 Å². The van der Waals surface area contributed by atoms with E-state index in [1.54, 1.807) is 10.1 Å². The van der Waals surface area contributed by atoms with Crippen LogP contribution < -0.4 is 5.32 Å². The predicted molar refractivity (Wildman–Crippen MR) is 105 cm³/mol. The van der Waals surface area contributed by atoms with Gasteiger partial charge in [0.15, 0.2) is 0 Å². The highest BCUT2D eigenvalue weighted by atomic mass is 32.2. The first kappa shape index (κ1) is 19.3. The molecule has 1 aliphatic heterocycles. The minimum Gasteiger partial charge on any atom is -0.326 e. The maximum Gasteiger partial charge on any atom is 0.283 e. The lowest BCUT2D eigenvalue weighted by Gasteiger charge is -2.29. The van der Waals surface area contributed by atoms with Gasteiger partial charge in [0.25, 0.3) is 10.0 Å². The Hall–Kier alpha value is -2.42. The predicted octanol–water partition coefficient (Wildman–Crippen LogP) is 2.46. The molecule has 1 N–H and O–H groups in total. The minimum atomic E-state index is -3.83. The van der Waals surface area contributed by atoms with Gasteiger partial charge in [-0.05, 0) is 44.0 Å². The summed E-state index contributed by atoms with van der Waals surface area (Å²) in [5.41, 5.74) is 0.661. The third-order valence-corrected chi connectivity index (χ3v) is 6.17. The molecule has 1 saturated carbocycles. The van der Waals surface area contributed by atoms with E-state index in [4.69, 9.17) is 0 Å². The van der Waals surface area contributed by atoms with Gasteiger partial charge in [0, 0.05) is 30.8 Å². The van der Waals surface area contributed by atoms with E-state index in [0.29, 0.717) is 12.2 Å². The van der Waals surface area contributed by atoms with Crippen LogP contribution in [0.2, 0.25) is 0 Å². The van der Waals surface area contributed by atoms with E-state index in [0.717, 1.165) is 19.4 Å². The van der Waals surface area contributed by atoms with E-state index in [1.807, 2.05) is 13.1 Å². The van der Waals surface area contributed by atoms with Crippen LogP contribution >= 0.6 is 0 Å². The van der Waals surface area contributed by atoms with Crippen molar-refractivity contribution in [2.45, 2.75) is 44.4 Å². The zero-order valence-corrected chi connectivity index (χ0v) is 16.4. The number of nitrogens with zero attached hydrogens (tertiary/aromatic N) is 4. The monoisotopic (exact) mass is 391 g/mol.